The lowest BCUT2D eigenvalue weighted by molar-refractivity contribution is -0.143. The first-order chi connectivity index (χ1) is 12.0. The number of hydrogen-bond acceptors (Lipinski definition) is 4. The predicted molar refractivity (Wildman–Crippen MR) is 98.3 cm³/mol. The van der Waals surface area contributed by atoms with E-state index < -0.39 is 0 Å². The molecule has 1 unspecified atom stereocenters. The molecule has 6 heteroatoms. The van der Waals surface area contributed by atoms with E-state index in [9.17, 15) is 9.59 Å². The van der Waals surface area contributed by atoms with Gasteiger partial charge in [-0.15, -0.1) is 0 Å². The van der Waals surface area contributed by atoms with E-state index in [2.05, 4.69) is 4.90 Å². The van der Waals surface area contributed by atoms with Gasteiger partial charge in [-0.25, -0.2) is 0 Å². The number of piperidine rings is 1. The van der Waals surface area contributed by atoms with Crippen molar-refractivity contribution in [1.29, 1.82) is 0 Å². The summed E-state index contributed by atoms with van der Waals surface area (Å²) in [6, 6.07) is 0.142. The van der Waals surface area contributed by atoms with E-state index in [-0.39, 0.29) is 30.4 Å². The molecule has 0 aromatic heterocycles. The van der Waals surface area contributed by atoms with Crippen molar-refractivity contribution in [2.24, 2.45) is 5.92 Å². The Balaban J connectivity index is 1.93. The zero-order valence-corrected chi connectivity index (χ0v) is 16.2. The topological polar surface area (TPSA) is 53.1 Å². The number of carbonyl (C=O) groups is 2. The summed E-state index contributed by atoms with van der Waals surface area (Å²) in [5.41, 5.74) is 0. The number of methoxy groups -OCH3 is 1. The molecule has 0 radical (unpaired) electrons. The third-order valence-electron chi connectivity index (χ3n) is 5.31. The Labute approximate surface area is 152 Å². The van der Waals surface area contributed by atoms with Crippen LogP contribution in [0.2, 0.25) is 0 Å². The van der Waals surface area contributed by atoms with Gasteiger partial charge in [-0.3, -0.25) is 9.59 Å². The minimum atomic E-state index is -0.00293. The van der Waals surface area contributed by atoms with Gasteiger partial charge in [-0.2, -0.15) is 0 Å². The number of amides is 2. The van der Waals surface area contributed by atoms with E-state index in [1.54, 1.807) is 7.11 Å². The van der Waals surface area contributed by atoms with Crippen LogP contribution >= 0.6 is 0 Å². The molecule has 0 aromatic rings. The van der Waals surface area contributed by atoms with Crippen LogP contribution in [-0.2, 0) is 14.3 Å². The molecule has 0 bridgehead atoms. The summed E-state index contributed by atoms with van der Waals surface area (Å²) in [4.78, 5) is 31.3. The van der Waals surface area contributed by atoms with Gasteiger partial charge >= 0.3 is 0 Å². The first-order valence-corrected chi connectivity index (χ1v) is 9.82. The van der Waals surface area contributed by atoms with E-state index >= 15 is 0 Å². The first kappa shape index (κ1) is 20.2. The zero-order valence-electron chi connectivity index (χ0n) is 16.2. The Morgan fingerprint density at radius 3 is 2.52 bits per heavy atom. The predicted octanol–water partition coefficient (Wildman–Crippen LogP) is 1.59. The van der Waals surface area contributed by atoms with Crippen LogP contribution in [0.25, 0.3) is 0 Å². The third kappa shape index (κ3) is 5.96. The molecule has 0 N–H and O–H groups in total. The van der Waals surface area contributed by atoms with Crippen LogP contribution in [0.3, 0.4) is 0 Å². The molecule has 2 saturated heterocycles. The molecular formula is C19H35N3O3. The van der Waals surface area contributed by atoms with Crippen molar-refractivity contribution in [1.82, 2.24) is 14.7 Å². The van der Waals surface area contributed by atoms with Gasteiger partial charge in [-0.05, 0) is 51.7 Å². The highest BCUT2D eigenvalue weighted by molar-refractivity contribution is 5.79. The SMILES string of the molecule is COCC(=O)N1CCCC(N(CCCN2CCCC2)C(=O)C(C)C)C1. The molecule has 1 atom stereocenters. The maximum absolute atomic E-state index is 12.8. The molecule has 6 nitrogen and oxygen atoms in total. The zero-order chi connectivity index (χ0) is 18.2. The minimum Gasteiger partial charge on any atom is -0.375 e. The van der Waals surface area contributed by atoms with Crippen molar-refractivity contribution in [3.8, 4) is 0 Å². The van der Waals surface area contributed by atoms with Crippen LogP contribution in [0.4, 0.5) is 0 Å². The molecule has 0 aromatic carbocycles. The lowest BCUT2D eigenvalue weighted by Crippen LogP contribution is -2.53. The Bertz CT molecular complexity index is 436. The summed E-state index contributed by atoms with van der Waals surface area (Å²) in [6.45, 7) is 9.73. The maximum atomic E-state index is 12.8. The second-order valence-electron chi connectivity index (χ2n) is 7.66. The number of hydrogen-bond donors (Lipinski definition) is 0. The average molecular weight is 354 g/mol. The smallest absolute Gasteiger partial charge is 0.248 e. The largest absolute Gasteiger partial charge is 0.375 e. The van der Waals surface area contributed by atoms with E-state index in [0.717, 1.165) is 38.9 Å². The summed E-state index contributed by atoms with van der Waals surface area (Å²) in [6.07, 6.45) is 5.55. The molecule has 2 amide bonds. The summed E-state index contributed by atoms with van der Waals surface area (Å²) in [5, 5.41) is 0. The van der Waals surface area contributed by atoms with Crippen LogP contribution in [0.15, 0.2) is 0 Å². The third-order valence-corrected chi connectivity index (χ3v) is 5.31. The maximum Gasteiger partial charge on any atom is 0.248 e. The quantitative estimate of drug-likeness (QED) is 0.665. The van der Waals surface area contributed by atoms with Crippen LogP contribution in [0, 0.1) is 5.92 Å². The molecule has 0 saturated carbocycles. The molecule has 2 aliphatic rings. The van der Waals surface area contributed by atoms with Crippen molar-refractivity contribution < 1.29 is 14.3 Å². The summed E-state index contributed by atoms with van der Waals surface area (Å²) < 4.78 is 4.98. The Kier molecular flexibility index (Phi) is 8.16. The van der Waals surface area contributed by atoms with Gasteiger partial charge < -0.3 is 19.4 Å². The highest BCUT2D eigenvalue weighted by Crippen LogP contribution is 2.19. The number of rotatable bonds is 8. The summed E-state index contributed by atoms with van der Waals surface area (Å²) in [5.74, 6) is 0.241. The van der Waals surface area contributed by atoms with Crippen LogP contribution in [0.1, 0.15) is 46.0 Å². The van der Waals surface area contributed by atoms with Crippen molar-refractivity contribution in [3.05, 3.63) is 0 Å². The first-order valence-electron chi connectivity index (χ1n) is 9.82. The Hall–Kier alpha value is -1.14. The minimum absolute atomic E-state index is 0.00293. The molecular weight excluding hydrogens is 318 g/mol. The summed E-state index contributed by atoms with van der Waals surface area (Å²) in [7, 11) is 1.55. The average Bonchev–Trinajstić information content (AvgIpc) is 3.12. The fourth-order valence-corrected chi connectivity index (χ4v) is 3.93. The lowest BCUT2D eigenvalue weighted by atomic mass is 10.0. The lowest BCUT2D eigenvalue weighted by Gasteiger charge is -2.40. The normalized spacial score (nSPS) is 21.8. The van der Waals surface area contributed by atoms with Gasteiger partial charge in [0.15, 0.2) is 0 Å². The molecule has 2 rings (SSSR count). The van der Waals surface area contributed by atoms with Crippen molar-refractivity contribution in [2.45, 2.75) is 52.0 Å². The Morgan fingerprint density at radius 1 is 1.16 bits per heavy atom. The van der Waals surface area contributed by atoms with E-state index in [1.165, 1.54) is 25.9 Å². The van der Waals surface area contributed by atoms with Gasteiger partial charge in [0, 0.05) is 38.7 Å². The van der Waals surface area contributed by atoms with Gasteiger partial charge in [0.25, 0.3) is 0 Å². The fraction of sp³-hybridized carbons (Fsp3) is 0.895. The van der Waals surface area contributed by atoms with Gasteiger partial charge in [-0.1, -0.05) is 13.8 Å². The molecule has 25 heavy (non-hydrogen) atoms. The molecule has 2 heterocycles. The number of nitrogens with zero attached hydrogens (tertiary/aromatic N) is 3. The second-order valence-corrected chi connectivity index (χ2v) is 7.66. The van der Waals surface area contributed by atoms with Gasteiger partial charge in [0.05, 0.1) is 0 Å². The van der Waals surface area contributed by atoms with Crippen molar-refractivity contribution >= 4 is 11.8 Å². The number of ether oxygens (including phenoxy) is 1. The standard InChI is InChI=1S/C19H35N3O3/c1-16(2)19(24)22(13-7-11-20-9-4-5-10-20)17-8-6-12-21(14-17)18(23)15-25-3/h16-17H,4-15H2,1-3H3. The monoisotopic (exact) mass is 353 g/mol. The second kappa shape index (κ2) is 10.1. The van der Waals surface area contributed by atoms with Crippen LogP contribution < -0.4 is 0 Å². The molecule has 2 fully saturated rings. The molecule has 144 valence electrons. The highest BCUT2D eigenvalue weighted by atomic mass is 16.5. The van der Waals surface area contributed by atoms with E-state index in [4.69, 9.17) is 4.74 Å². The molecule has 2 aliphatic heterocycles. The number of carbonyl (C=O) groups excluding carboxylic acids is 2. The highest BCUT2D eigenvalue weighted by Gasteiger charge is 2.31. The van der Waals surface area contributed by atoms with Gasteiger partial charge in [0.1, 0.15) is 6.61 Å². The van der Waals surface area contributed by atoms with Crippen molar-refractivity contribution in [2.75, 3.05) is 53.0 Å². The van der Waals surface area contributed by atoms with Crippen molar-refractivity contribution in [3.63, 3.8) is 0 Å². The van der Waals surface area contributed by atoms with Crippen LogP contribution in [-0.4, -0.2) is 85.5 Å². The fourth-order valence-electron chi connectivity index (χ4n) is 3.93. The molecule has 0 aliphatic carbocycles. The van der Waals surface area contributed by atoms with Gasteiger partial charge in [0.2, 0.25) is 11.8 Å². The van der Waals surface area contributed by atoms with E-state index in [0.29, 0.717) is 6.54 Å². The summed E-state index contributed by atoms with van der Waals surface area (Å²) >= 11 is 0. The Morgan fingerprint density at radius 2 is 1.88 bits per heavy atom. The van der Waals surface area contributed by atoms with E-state index in [1.807, 2.05) is 23.6 Å². The van der Waals surface area contributed by atoms with Crippen LogP contribution in [0.5, 0.6) is 0 Å². The number of likely N-dealkylation sites (tertiary alicyclic amines) is 2. The molecule has 0 spiro atoms.